The zero-order valence-electron chi connectivity index (χ0n) is 21.3. The van der Waals surface area contributed by atoms with E-state index in [1.807, 2.05) is 6.08 Å². The quantitative estimate of drug-likeness (QED) is 0.203. The van der Waals surface area contributed by atoms with Crippen LogP contribution in [-0.2, 0) is 4.79 Å². The average molecular weight is 507 g/mol. The highest BCUT2D eigenvalue weighted by Crippen LogP contribution is 2.40. The van der Waals surface area contributed by atoms with Crippen molar-refractivity contribution in [1.82, 2.24) is 0 Å². The van der Waals surface area contributed by atoms with Crippen LogP contribution in [0.4, 0.5) is 11.4 Å². The Morgan fingerprint density at radius 2 is 1.41 bits per heavy atom. The third-order valence-corrected chi connectivity index (χ3v) is 5.44. The average Bonchev–Trinajstić information content (AvgIpc) is 2.91. The molecule has 3 aromatic rings. The summed E-state index contributed by atoms with van der Waals surface area (Å²) in [7, 11) is 7.55. The molecule has 194 valence electrons. The van der Waals surface area contributed by atoms with Gasteiger partial charge in [0.15, 0.2) is 23.0 Å². The normalized spacial score (nSPS) is 10.9. The van der Waals surface area contributed by atoms with E-state index in [0.29, 0.717) is 39.9 Å². The maximum Gasteiger partial charge on any atom is 0.248 e. The molecule has 0 atom stereocenters. The molecule has 0 aliphatic carbocycles. The molecule has 37 heavy (non-hydrogen) atoms. The molecule has 0 aliphatic rings. The fraction of sp³-hybridized carbons (Fsp3) is 0.179. The first-order valence-electron chi connectivity index (χ1n) is 11.2. The number of carbonyl (C=O) groups is 1. The predicted molar refractivity (Wildman–Crippen MR) is 145 cm³/mol. The molecule has 9 nitrogen and oxygen atoms in total. The third kappa shape index (κ3) is 6.26. The van der Waals surface area contributed by atoms with E-state index in [1.54, 1.807) is 48.6 Å². The topological polar surface area (TPSA) is 122 Å². The summed E-state index contributed by atoms with van der Waals surface area (Å²) in [6.07, 6.45) is 6.55. The summed E-state index contributed by atoms with van der Waals surface area (Å²) in [5.74, 6) is 1.62. The zero-order chi connectivity index (χ0) is 26.9. The lowest BCUT2D eigenvalue weighted by Gasteiger charge is -2.14. The Balaban J connectivity index is 1.92. The lowest BCUT2D eigenvalue weighted by molar-refractivity contribution is -0.111. The molecule has 3 rings (SSSR count). The van der Waals surface area contributed by atoms with Crippen molar-refractivity contribution in [3.63, 3.8) is 0 Å². The Morgan fingerprint density at radius 3 is 1.97 bits per heavy atom. The molecule has 0 heterocycles. The van der Waals surface area contributed by atoms with Gasteiger partial charge in [-0.15, -0.1) is 0 Å². The zero-order valence-corrected chi connectivity index (χ0v) is 21.3. The second-order valence-electron chi connectivity index (χ2n) is 7.70. The molecule has 4 N–H and O–H groups in total. The second kappa shape index (κ2) is 12.3. The van der Waals surface area contributed by atoms with Gasteiger partial charge in [-0.25, -0.2) is 0 Å². The van der Waals surface area contributed by atoms with Crippen molar-refractivity contribution in [3.05, 3.63) is 65.2 Å². The van der Waals surface area contributed by atoms with Gasteiger partial charge in [-0.1, -0.05) is 18.2 Å². The maximum absolute atomic E-state index is 12.8. The molecule has 1 amide bonds. The summed E-state index contributed by atoms with van der Waals surface area (Å²) in [6.45, 7) is 0. The number of methoxy groups -OCH3 is 5. The van der Waals surface area contributed by atoms with E-state index in [9.17, 15) is 9.90 Å². The molecule has 0 spiro atoms. The van der Waals surface area contributed by atoms with Crippen LogP contribution in [0, 0.1) is 0 Å². The van der Waals surface area contributed by atoms with Crippen molar-refractivity contribution in [2.24, 2.45) is 0 Å². The Morgan fingerprint density at radius 1 is 0.757 bits per heavy atom. The van der Waals surface area contributed by atoms with Gasteiger partial charge in [0.05, 0.1) is 46.9 Å². The Hall–Kier alpha value is -4.79. The van der Waals surface area contributed by atoms with Crippen LogP contribution in [0.5, 0.6) is 34.5 Å². The summed E-state index contributed by atoms with van der Waals surface area (Å²) in [6, 6.07) is 11.9. The lowest BCUT2D eigenvalue weighted by atomic mass is 10.1. The highest BCUT2D eigenvalue weighted by molar-refractivity contribution is 6.04. The molecule has 0 bridgehead atoms. The molecule has 0 saturated carbocycles. The smallest absolute Gasteiger partial charge is 0.248 e. The first-order valence-corrected chi connectivity index (χ1v) is 11.2. The molecular weight excluding hydrogens is 476 g/mol. The molecule has 0 saturated heterocycles. The maximum atomic E-state index is 12.8. The van der Waals surface area contributed by atoms with E-state index in [0.717, 1.165) is 11.1 Å². The number of anilines is 2. The van der Waals surface area contributed by atoms with E-state index in [2.05, 4.69) is 5.32 Å². The molecular formula is C28H30N2O7. The van der Waals surface area contributed by atoms with Gasteiger partial charge in [0.1, 0.15) is 5.75 Å². The van der Waals surface area contributed by atoms with Crippen LogP contribution in [0.3, 0.4) is 0 Å². The van der Waals surface area contributed by atoms with Crippen molar-refractivity contribution < 1.29 is 33.6 Å². The van der Waals surface area contributed by atoms with Gasteiger partial charge in [-0.3, -0.25) is 4.79 Å². The Kier molecular flexibility index (Phi) is 8.88. The van der Waals surface area contributed by atoms with Crippen molar-refractivity contribution in [1.29, 1.82) is 0 Å². The standard InChI is InChI=1S/C28H30N2O7/c1-33-22-12-7-17(14-20(22)29)8-13-25(32)30-26-19(10-11-21(31)27(26)36-4)9-6-18-15-23(34-2)28(37-5)24(16-18)35-3/h6-16,31H,29H2,1-5H3,(H,30,32)/b9-6?,13-8+. The van der Waals surface area contributed by atoms with Gasteiger partial charge >= 0.3 is 0 Å². The molecule has 0 fully saturated rings. The molecule has 3 aromatic carbocycles. The number of hydrogen-bond donors (Lipinski definition) is 3. The van der Waals surface area contributed by atoms with Crippen molar-refractivity contribution in [2.45, 2.75) is 0 Å². The van der Waals surface area contributed by atoms with Gasteiger partial charge in [-0.2, -0.15) is 0 Å². The number of benzene rings is 3. The minimum Gasteiger partial charge on any atom is -0.504 e. The Bertz CT molecular complexity index is 1310. The summed E-state index contributed by atoms with van der Waals surface area (Å²) >= 11 is 0. The monoisotopic (exact) mass is 506 g/mol. The number of carbonyl (C=O) groups excluding carboxylic acids is 1. The van der Waals surface area contributed by atoms with Gasteiger partial charge in [0.2, 0.25) is 11.7 Å². The number of phenols is 1. The van der Waals surface area contributed by atoms with E-state index in [1.165, 1.54) is 47.7 Å². The summed E-state index contributed by atoms with van der Waals surface area (Å²) in [5.41, 5.74) is 8.77. The second-order valence-corrected chi connectivity index (χ2v) is 7.70. The number of rotatable bonds is 10. The Labute approximate surface area is 215 Å². The highest BCUT2D eigenvalue weighted by Gasteiger charge is 2.16. The number of phenolic OH excluding ortho intramolecular Hbond substituents is 1. The highest BCUT2D eigenvalue weighted by atomic mass is 16.5. The fourth-order valence-electron chi connectivity index (χ4n) is 3.64. The van der Waals surface area contributed by atoms with E-state index in [-0.39, 0.29) is 11.5 Å². The summed E-state index contributed by atoms with van der Waals surface area (Å²) < 4.78 is 26.7. The molecule has 0 aromatic heterocycles. The van der Waals surface area contributed by atoms with Crippen LogP contribution in [0.15, 0.2) is 48.5 Å². The minimum absolute atomic E-state index is 0.116. The minimum atomic E-state index is -0.430. The number of nitrogens with one attached hydrogen (secondary N) is 1. The number of nitrogens with two attached hydrogens (primary N) is 1. The van der Waals surface area contributed by atoms with Crippen LogP contribution < -0.4 is 34.7 Å². The number of aromatic hydroxyl groups is 1. The number of nitrogen functional groups attached to an aromatic ring is 1. The van der Waals surface area contributed by atoms with Crippen LogP contribution in [0.2, 0.25) is 0 Å². The van der Waals surface area contributed by atoms with Gasteiger partial charge < -0.3 is 39.8 Å². The lowest BCUT2D eigenvalue weighted by Crippen LogP contribution is -2.10. The molecule has 0 aliphatic heterocycles. The number of ether oxygens (including phenoxy) is 5. The van der Waals surface area contributed by atoms with Crippen molar-refractivity contribution in [3.8, 4) is 34.5 Å². The van der Waals surface area contributed by atoms with Crippen LogP contribution >= 0.6 is 0 Å². The predicted octanol–water partition coefficient (Wildman–Crippen LogP) is 4.84. The third-order valence-electron chi connectivity index (χ3n) is 5.44. The van der Waals surface area contributed by atoms with E-state index >= 15 is 0 Å². The van der Waals surface area contributed by atoms with E-state index < -0.39 is 5.91 Å². The van der Waals surface area contributed by atoms with Crippen molar-refractivity contribution >= 4 is 35.5 Å². The first-order chi connectivity index (χ1) is 17.8. The number of hydrogen-bond acceptors (Lipinski definition) is 8. The molecule has 0 unspecified atom stereocenters. The van der Waals surface area contributed by atoms with Crippen LogP contribution in [-0.4, -0.2) is 46.6 Å². The SMILES string of the molecule is COc1ccc(/C=C/C(=O)Nc2c(C=Cc3cc(OC)c(OC)c(OC)c3)ccc(O)c2OC)cc1N. The van der Waals surface area contributed by atoms with Gasteiger partial charge in [-0.05, 0) is 53.6 Å². The first kappa shape index (κ1) is 26.8. The van der Waals surface area contributed by atoms with E-state index in [4.69, 9.17) is 29.4 Å². The summed E-state index contributed by atoms with van der Waals surface area (Å²) in [5, 5.41) is 13.1. The molecule has 9 heteroatoms. The van der Waals surface area contributed by atoms with Gasteiger partial charge in [0.25, 0.3) is 0 Å². The van der Waals surface area contributed by atoms with Crippen LogP contribution in [0.25, 0.3) is 18.2 Å². The van der Waals surface area contributed by atoms with Crippen LogP contribution in [0.1, 0.15) is 16.7 Å². The number of amides is 1. The van der Waals surface area contributed by atoms with Crippen molar-refractivity contribution in [2.75, 3.05) is 46.6 Å². The fourth-order valence-corrected chi connectivity index (χ4v) is 3.64. The summed E-state index contributed by atoms with van der Waals surface area (Å²) in [4.78, 5) is 12.8. The molecule has 0 radical (unpaired) electrons. The largest absolute Gasteiger partial charge is 0.504 e. The van der Waals surface area contributed by atoms with Gasteiger partial charge in [0, 0.05) is 11.6 Å².